The van der Waals surface area contributed by atoms with Gasteiger partial charge in [-0.2, -0.15) is 17.2 Å². The lowest BCUT2D eigenvalue weighted by Crippen LogP contribution is -2.46. The molecular formula is C11H12F2O6S. The minimum atomic E-state index is -5.88. The van der Waals surface area contributed by atoms with E-state index in [-0.39, 0.29) is 24.0 Å². The van der Waals surface area contributed by atoms with E-state index in [9.17, 15) is 26.8 Å². The summed E-state index contributed by atoms with van der Waals surface area (Å²) in [5.41, 5.74) is -1.31. The third-order valence-corrected chi connectivity index (χ3v) is 5.47. The maximum Gasteiger partial charge on any atom is 0.465 e. The molecule has 0 spiro atoms. The predicted octanol–water partition coefficient (Wildman–Crippen LogP) is 0.768. The number of hydrogen-bond acceptors (Lipinski definition) is 5. The van der Waals surface area contributed by atoms with Crippen LogP contribution in [0.15, 0.2) is 0 Å². The summed E-state index contributed by atoms with van der Waals surface area (Å²) >= 11 is 0. The van der Waals surface area contributed by atoms with Crippen LogP contribution in [0.2, 0.25) is 0 Å². The number of ether oxygens (including phenoxy) is 1. The standard InChI is InChI=1S/C11H12F2O6S/c12-11(13,20(16,17)18)9(15)19-10-3-5-1-6(4-10)8(14)7(10)2-5/h5-7H,1-4H2,(H,16,17,18). The van der Waals surface area contributed by atoms with Crippen LogP contribution in [0, 0.1) is 17.8 Å². The van der Waals surface area contributed by atoms with Crippen molar-refractivity contribution in [3.63, 3.8) is 0 Å². The maximum atomic E-state index is 13.2. The first kappa shape index (κ1) is 13.9. The monoisotopic (exact) mass is 310 g/mol. The van der Waals surface area contributed by atoms with E-state index >= 15 is 0 Å². The molecule has 0 radical (unpaired) electrons. The van der Waals surface area contributed by atoms with Crippen LogP contribution in [-0.4, -0.2) is 35.6 Å². The molecule has 4 bridgehead atoms. The Labute approximate surface area is 113 Å². The topological polar surface area (TPSA) is 97.7 Å². The first-order valence-electron chi connectivity index (χ1n) is 6.19. The second-order valence-electron chi connectivity index (χ2n) is 5.84. The van der Waals surface area contributed by atoms with Crippen molar-refractivity contribution in [2.45, 2.75) is 36.5 Å². The molecule has 4 unspecified atom stereocenters. The molecule has 112 valence electrons. The highest BCUT2D eigenvalue weighted by Crippen LogP contribution is 2.60. The van der Waals surface area contributed by atoms with Crippen molar-refractivity contribution in [3.05, 3.63) is 0 Å². The molecule has 9 heteroatoms. The Hall–Kier alpha value is -1.09. The first-order chi connectivity index (χ1) is 9.07. The fourth-order valence-corrected chi connectivity index (χ4v) is 4.20. The first-order valence-corrected chi connectivity index (χ1v) is 7.63. The van der Waals surface area contributed by atoms with Gasteiger partial charge in [-0.3, -0.25) is 9.35 Å². The van der Waals surface area contributed by atoms with Gasteiger partial charge in [-0.05, 0) is 31.6 Å². The summed E-state index contributed by atoms with van der Waals surface area (Å²) in [7, 11) is -5.88. The average Bonchev–Trinajstić information content (AvgIpc) is 2.65. The molecule has 4 atom stereocenters. The molecular weight excluding hydrogens is 298 g/mol. The van der Waals surface area contributed by atoms with E-state index in [0.29, 0.717) is 19.3 Å². The van der Waals surface area contributed by atoms with E-state index in [1.165, 1.54) is 0 Å². The highest BCUT2D eigenvalue weighted by atomic mass is 32.2. The van der Waals surface area contributed by atoms with E-state index in [2.05, 4.69) is 0 Å². The van der Waals surface area contributed by atoms with Crippen molar-refractivity contribution in [3.8, 4) is 0 Å². The van der Waals surface area contributed by atoms with Gasteiger partial charge < -0.3 is 4.74 Å². The van der Waals surface area contributed by atoms with Crippen LogP contribution in [-0.2, 0) is 24.4 Å². The fourth-order valence-electron chi connectivity index (χ4n) is 3.95. The minimum Gasteiger partial charge on any atom is -0.453 e. The number of Topliss-reactive ketones (excluding diaryl/α,β-unsaturated/α-hetero) is 1. The Balaban J connectivity index is 1.86. The highest BCUT2D eigenvalue weighted by Gasteiger charge is 2.67. The Morgan fingerprint density at radius 2 is 2.00 bits per heavy atom. The molecule has 4 fully saturated rings. The van der Waals surface area contributed by atoms with Crippen LogP contribution in [0.25, 0.3) is 0 Å². The van der Waals surface area contributed by atoms with Crippen LogP contribution in [0.5, 0.6) is 0 Å². The van der Waals surface area contributed by atoms with E-state index < -0.39 is 32.9 Å². The molecule has 0 aromatic heterocycles. The van der Waals surface area contributed by atoms with Gasteiger partial charge in [0.05, 0.1) is 5.92 Å². The molecule has 20 heavy (non-hydrogen) atoms. The quantitative estimate of drug-likeness (QED) is 0.611. The van der Waals surface area contributed by atoms with Crippen molar-refractivity contribution in [2.75, 3.05) is 0 Å². The highest BCUT2D eigenvalue weighted by molar-refractivity contribution is 7.87. The lowest BCUT2D eigenvalue weighted by molar-refractivity contribution is -0.181. The number of carbonyl (C=O) groups is 2. The molecule has 0 aromatic rings. The van der Waals surface area contributed by atoms with Gasteiger partial charge >= 0.3 is 21.3 Å². The largest absolute Gasteiger partial charge is 0.465 e. The van der Waals surface area contributed by atoms with Crippen LogP contribution >= 0.6 is 0 Å². The van der Waals surface area contributed by atoms with Gasteiger partial charge in [-0.1, -0.05) is 0 Å². The molecule has 4 aliphatic carbocycles. The van der Waals surface area contributed by atoms with Crippen molar-refractivity contribution in [2.24, 2.45) is 17.8 Å². The summed E-state index contributed by atoms with van der Waals surface area (Å²) in [6, 6.07) is 0. The van der Waals surface area contributed by atoms with Crippen molar-refractivity contribution < 1.29 is 36.1 Å². The molecule has 4 rings (SSSR count). The molecule has 6 nitrogen and oxygen atoms in total. The van der Waals surface area contributed by atoms with Gasteiger partial charge in [0.15, 0.2) is 0 Å². The van der Waals surface area contributed by atoms with Gasteiger partial charge in [0.2, 0.25) is 0 Å². The lowest BCUT2D eigenvalue weighted by atomic mass is 9.81. The van der Waals surface area contributed by atoms with Gasteiger partial charge in [-0.25, -0.2) is 4.79 Å². The summed E-state index contributed by atoms with van der Waals surface area (Å²) < 4.78 is 60.7. The third-order valence-electron chi connectivity index (χ3n) is 4.65. The fraction of sp³-hybridized carbons (Fsp3) is 0.818. The molecule has 1 N–H and O–H groups in total. The summed E-state index contributed by atoms with van der Waals surface area (Å²) in [5.74, 6) is -3.17. The molecule has 0 aliphatic heterocycles. The van der Waals surface area contributed by atoms with E-state index in [4.69, 9.17) is 9.29 Å². The van der Waals surface area contributed by atoms with Crippen LogP contribution in [0.4, 0.5) is 8.78 Å². The molecule has 0 saturated heterocycles. The van der Waals surface area contributed by atoms with E-state index in [0.717, 1.165) is 0 Å². The van der Waals surface area contributed by atoms with Crippen LogP contribution in [0.3, 0.4) is 0 Å². The SMILES string of the molecule is O=C1C2CC3CC1C(OC(=O)C(F)(F)S(=O)(=O)O)(C3)C2. The van der Waals surface area contributed by atoms with Crippen molar-refractivity contribution >= 4 is 21.9 Å². The molecule has 0 aromatic carbocycles. The average molecular weight is 310 g/mol. The van der Waals surface area contributed by atoms with Crippen molar-refractivity contribution in [1.82, 2.24) is 0 Å². The number of ketones is 1. The Bertz CT molecular complexity index is 600. The number of rotatable bonds is 3. The van der Waals surface area contributed by atoms with Gasteiger partial charge in [0.25, 0.3) is 0 Å². The van der Waals surface area contributed by atoms with Gasteiger partial charge in [-0.15, -0.1) is 0 Å². The molecule has 0 amide bonds. The minimum absolute atomic E-state index is 0.0956. The van der Waals surface area contributed by atoms with Gasteiger partial charge in [0, 0.05) is 5.92 Å². The molecule has 0 heterocycles. The summed E-state index contributed by atoms with van der Waals surface area (Å²) in [5, 5.41) is -5.01. The summed E-state index contributed by atoms with van der Waals surface area (Å²) in [6.07, 6.45) is 1.62. The normalized spacial score (nSPS) is 39.4. The smallest absolute Gasteiger partial charge is 0.453 e. The number of hydrogen-bond donors (Lipinski definition) is 1. The Morgan fingerprint density at radius 1 is 1.35 bits per heavy atom. The summed E-state index contributed by atoms with van der Waals surface area (Å²) in [6.45, 7) is 0. The Kier molecular flexibility index (Phi) is 2.61. The number of esters is 1. The number of halogens is 2. The molecule has 4 aliphatic rings. The second kappa shape index (κ2) is 3.76. The lowest BCUT2D eigenvalue weighted by Gasteiger charge is -2.32. The van der Waals surface area contributed by atoms with Crippen molar-refractivity contribution in [1.29, 1.82) is 0 Å². The Morgan fingerprint density at radius 3 is 2.60 bits per heavy atom. The second-order valence-corrected chi connectivity index (χ2v) is 7.31. The predicted molar refractivity (Wildman–Crippen MR) is 59.3 cm³/mol. The van der Waals surface area contributed by atoms with Crippen LogP contribution < -0.4 is 0 Å². The zero-order chi connectivity index (χ0) is 14.9. The number of alkyl halides is 2. The zero-order valence-corrected chi connectivity index (χ0v) is 11.0. The van der Waals surface area contributed by atoms with Crippen LogP contribution in [0.1, 0.15) is 25.7 Å². The van der Waals surface area contributed by atoms with Gasteiger partial charge in [0.1, 0.15) is 11.4 Å². The number of carbonyl (C=O) groups excluding carboxylic acids is 2. The molecule has 4 saturated carbocycles. The zero-order valence-electron chi connectivity index (χ0n) is 10.2. The van der Waals surface area contributed by atoms with E-state index in [1.807, 2.05) is 0 Å². The summed E-state index contributed by atoms with van der Waals surface area (Å²) in [4.78, 5) is 23.3. The van der Waals surface area contributed by atoms with E-state index in [1.54, 1.807) is 0 Å². The third kappa shape index (κ3) is 1.65. The maximum absolute atomic E-state index is 13.2.